The fourth-order valence-electron chi connectivity index (χ4n) is 2.75. The second-order valence-electron chi connectivity index (χ2n) is 6.92. The number of hydrogen-bond donors (Lipinski definition) is 3. The molecule has 0 fully saturated rings. The van der Waals surface area contributed by atoms with Gasteiger partial charge < -0.3 is 20.5 Å². The summed E-state index contributed by atoms with van der Waals surface area (Å²) in [5, 5.41) is 6.83. The minimum absolute atomic E-state index is 0.281. The molecule has 3 amide bonds. The highest BCUT2D eigenvalue weighted by Gasteiger charge is 2.13. The number of benzene rings is 3. The first-order chi connectivity index (χ1) is 16.4. The number of anilines is 1. The van der Waals surface area contributed by atoms with Crippen molar-refractivity contribution >= 4 is 41.2 Å². The van der Waals surface area contributed by atoms with E-state index in [4.69, 9.17) is 26.8 Å². The highest BCUT2D eigenvalue weighted by atomic mass is 35.5. The van der Waals surface area contributed by atoms with Crippen molar-refractivity contribution in [3.8, 4) is 11.5 Å². The molecule has 174 valence electrons. The summed E-state index contributed by atoms with van der Waals surface area (Å²) >= 11 is 5.89. The van der Waals surface area contributed by atoms with E-state index in [0.717, 1.165) is 5.56 Å². The molecule has 0 saturated heterocycles. The molecule has 3 aromatic rings. The maximum absolute atomic E-state index is 12.0. The number of amides is 3. The Balaban J connectivity index is 1.54. The lowest BCUT2D eigenvalue weighted by atomic mass is 10.2. The molecule has 0 bridgehead atoms. The van der Waals surface area contributed by atoms with Gasteiger partial charge in [-0.1, -0.05) is 23.7 Å². The van der Waals surface area contributed by atoms with Crippen molar-refractivity contribution in [2.45, 2.75) is 6.61 Å². The average Bonchev–Trinajstić information content (AvgIpc) is 2.84. The van der Waals surface area contributed by atoms with Crippen LogP contribution < -0.4 is 25.9 Å². The van der Waals surface area contributed by atoms with Gasteiger partial charge in [0, 0.05) is 16.3 Å². The largest absolute Gasteiger partial charge is 0.493 e. The monoisotopic (exact) mass is 480 g/mol. The molecule has 3 aromatic carbocycles. The third-order valence-electron chi connectivity index (χ3n) is 4.51. The van der Waals surface area contributed by atoms with Gasteiger partial charge in [-0.3, -0.25) is 14.4 Å². The minimum atomic E-state index is -0.967. The van der Waals surface area contributed by atoms with Crippen molar-refractivity contribution in [1.82, 2.24) is 5.43 Å². The van der Waals surface area contributed by atoms with Crippen LogP contribution in [0.1, 0.15) is 21.5 Å². The summed E-state index contributed by atoms with van der Waals surface area (Å²) in [4.78, 5) is 35.0. The number of ether oxygens (including phenoxy) is 2. The lowest BCUT2D eigenvalue weighted by Crippen LogP contribution is -2.32. The minimum Gasteiger partial charge on any atom is -0.493 e. The number of carbonyl (C=O) groups is 3. The fraction of sp³-hybridized carbons (Fsp3) is 0.0833. The van der Waals surface area contributed by atoms with E-state index in [1.165, 1.54) is 37.6 Å². The van der Waals surface area contributed by atoms with Gasteiger partial charge in [-0.2, -0.15) is 5.10 Å². The van der Waals surface area contributed by atoms with E-state index in [-0.39, 0.29) is 5.56 Å². The molecular weight excluding hydrogens is 460 g/mol. The zero-order chi connectivity index (χ0) is 24.5. The van der Waals surface area contributed by atoms with Crippen LogP contribution in [0.25, 0.3) is 0 Å². The van der Waals surface area contributed by atoms with Gasteiger partial charge >= 0.3 is 11.8 Å². The molecule has 0 saturated carbocycles. The molecule has 4 N–H and O–H groups in total. The van der Waals surface area contributed by atoms with E-state index in [1.54, 1.807) is 30.3 Å². The van der Waals surface area contributed by atoms with Crippen molar-refractivity contribution < 1.29 is 23.9 Å². The summed E-state index contributed by atoms with van der Waals surface area (Å²) in [6, 6.07) is 18.2. The van der Waals surface area contributed by atoms with Gasteiger partial charge in [0.1, 0.15) is 6.61 Å². The van der Waals surface area contributed by atoms with Crippen LogP contribution in [0.4, 0.5) is 5.69 Å². The van der Waals surface area contributed by atoms with E-state index >= 15 is 0 Å². The molecule has 34 heavy (non-hydrogen) atoms. The van der Waals surface area contributed by atoms with Crippen LogP contribution in [0.5, 0.6) is 11.5 Å². The Hall–Kier alpha value is -4.37. The SMILES string of the molecule is COc1cc(/C=N/NC(=O)C(=O)Nc2ccc(C(N)=O)cc2)ccc1OCc1ccc(Cl)cc1. The predicted molar refractivity (Wildman–Crippen MR) is 128 cm³/mol. The molecular formula is C24H21ClN4O5. The molecule has 0 aliphatic rings. The molecule has 0 radical (unpaired) electrons. The van der Waals surface area contributed by atoms with Gasteiger partial charge in [-0.05, 0) is 65.7 Å². The highest BCUT2D eigenvalue weighted by Crippen LogP contribution is 2.28. The van der Waals surface area contributed by atoms with Crippen molar-refractivity contribution in [3.63, 3.8) is 0 Å². The van der Waals surface area contributed by atoms with Crippen molar-refractivity contribution in [2.24, 2.45) is 10.8 Å². The van der Waals surface area contributed by atoms with Gasteiger partial charge in [-0.25, -0.2) is 5.43 Å². The smallest absolute Gasteiger partial charge is 0.329 e. The number of hydrazone groups is 1. The number of carbonyl (C=O) groups excluding carboxylic acids is 3. The van der Waals surface area contributed by atoms with Gasteiger partial charge in [0.2, 0.25) is 5.91 Å². The fourth-order valence-corrected chi connectivity index (χ4v) is 2.87. The Kier molecular flexibility index (Phi) is 8.20. The van der Waals surface area contributed by atoms with Gasteiger partial charge in [0.05, 0.1) is 13.3 Å². The molecule has 0 aliphatic carbocycles. The van der Waals surface area contributed by atoms with E-state index in [1.807, 2.05) is 12.1 Å². The Labute approximate surface area is 200 Å². The van der Waals surface area contributed by atoms with Gasteiger partial charge in [0.25, 0.3) is 0 Å². The third-order valence-corrected chi connectivity index (χ3v) is 4.76. The molecule has 10 heteroatoms. The van der Waals surface area contributed by atoms with E-state index in [2.05, 4.69) is 15.8 Å². The first-order valence-electron chi connectivity index (χ1n) is 9.95. The standard InChI is InChI=1S/C24H21ClN4O5/c1-33-21-12-16(4-11-20(21)34-14-15-2-7-18(25)8-3-15)13-27-29-24(32)23(31)28-19-9-5-17(6-10-19)22(26)30/h2-13H,14H2,1H3,(H2,26,30)(H,28,31)(H,29,32)/b27-13+. The lowest BCUT2D eigenvalue weighted by Gasteiger charge is -2.11. The van der Waals surface area contributed by atoms with Crippen molar-refractivity contribution in [1.29, 1.82) is 0 Å². The van der Waals surface area contributed by atoms with Crippen LogP contribution in [-0.4, -0.2) is 31.0 Å². The first kappa shape index (κ1) is 24.3. The maximum Gasteiger partial charge on any atom is 0.329 e. The Bertz CT molecular complexity index is 1210. The zero-order valence-electron chi connectivity index (χ0n) is 18.1. The first-order valence-corrected chi connectivity index (χ1v) is 10.3. The Morgan fingerprint density at radius 2 is 1.68 bits per heavy atom. The number of rotatable bonds is 8. The highest BCUT2D eigenvalue weighted by molar-refractivity contribution is 6.39. The van der Waals surface area contributed by atoms with Gasteiger partial charge in [0.15, 0.2) is 11.5 Å². The molecule has 0 spiro atoms. The van der Waals surface area contributed by atoms with Crippen LogP contribution in [0.3, 0.4) is 0 Å². The number of methoxy groups -OCH3 is 1. The maximum atomic E-state index is 12.0. The van der Waals surface area contributed by atoms with Crippen LogP contribution in [0.2, 0.25) is 5.02 Å². The van der Waals surface area contributed by atoms with Crippen LogP contribution in [-0.2, 0) is 16.2 Å². The number of nitrogens with two attached hydrogens (primary N) is 1. The molecule has 0 atom stereocenters. The zero-order valence-corrected chi connectivity index (χ0v) is 18.8. The number of halogens is 1. The second-order valence-corrected chi connectivity index (χ2v) is 7.36. The number of hydrogen-bond acceptors (Lipinski definition) is 6. The van der Waals surface area contributed by atoms with Crippen LogP contribution in [0, 0.1) is 0 Å². The van der Waals surface area contributed by atoms with E-state index < -0.39 is 17.7 Å². The molecule has 0 aliphatic heterocycles. The summed E-state index contributed by atoms with van der Waals surface area (Å²) in [5.74, 6) is -1.48. The summed E-state index contributed by atoms with van der Waals surface area (Å²) in [7, 11) is 1.51. The topological polar surface area (TPSA) is 132 Å². The molecule has 3 rings (SSSR count). The normalized spacial score (nSPS) is 10.5. The number of primary amides is 1. The quantitative estimate of drug-likeness (QED) is 0.259. The van der Waals surface area contributed by atoms with Gasteiger partial charge in [-0.15, -0.1) is 0 Å². The average molecular weight is 481 g/mol. The van der Waals surface area contributed by atoms with Crippen molar-refractivity contribution in [3.05, 3.63) is 88.4 Å². The number of nitrogens with zero attached hydrogens (tertiary/aromatic N) is 1. The third kappa shape index (κ3) is 6.81. The van der Waals surface area contributed by atoms with Crippen molar-refractivity contribution in [2.75, 3.05) is 12.4 Å². The summed E-state index contributed by atoms with van der Waals surface area (Å²) < 4.78 is 11.2. The van der Waals surface area contributed by atoms with Crippen LogP contribution in [0.15, 0.2) is 71.8 Å². The number of nitrogens with one attached hydrogen (secondary N) is 2. The molecule has 0 aromatic heterocycles. The van der Waals surface area contributed by atoms with E-state index in [0.29, 0.717) is 34.4 Å². The molecule has 0 heterocycles. The predicted octanol–water partition coefficient (Wildman–Crippen LogP) is 3.12. The second kappa shape index (κ2) is 11.5. The summed E-state index contributed by atoms with van der Waals surface area (Å²) in [6.45, 7) is 0.331. The summed E-state index contributed by atoms with van der Waals surface area (Å²) in [5.41, 5.74) is 9.47. The Morgan fingerprint density at radius 1 is 0.971 bits per heavy atom. The Morgan fingerprint density at radius 3 is 2.32 bits per heavy atom. The van der Waals surface area contributed by atoms with E-state index in [9.17, 15) is 14.4 Å². The van der Waals surface area contributed by atoms with Crippen LogP contribution >= 0.6 is 11.6 Å². The molecule has 9 nitrogen and oxygen atoms in total. The molecule has 0 unspecified atom stereocenters. The summed E-state index contributed by atoms with van der Waals surface area (Å²) in [6.07, 6.45) is 1.36. The lowest BCUT2D eigenvalue weighted by molar-refractivity contribution is -0.136.